The highest BCUT2D eigenvalue weighted by Gasteiger charge is 2.21. The van der Waals surface area contributed by atoms with Gasteiger partial charge in [-0.05, 0) is 53.5 Å². The van der Waals surface area contributed by atoms with Crippen LogP contribution in [-0.4, -0.2) is 37.4 Å². The van der Waals surface area contributed by atoms with Crippen LogP contribution in [0.2, 0.25) is 0 Å². The van der Waals surface area contributed by atoms with E-state index in [0.29, 0.717) is 0 Å². The molecule has 0 amide bonds. The molecule has 0 bridgehead atoms. The third-order valence-corrected chi connectivity index (χ3v) is 3.83. The third-order valence-electron chi connectivity index (χ3n) is 3.20. The Hall–Kier alpha value is -0.580. The number of rotatable bonds is 2. The second kappa shape index (κ2) is 5.85. The molecule has 0 radical (unpaired) electrons. The molecule has 1 aromatic rings. The highest BCUT2D eigenvalue weighted by Crippen LogP contribution is 2.29. The van der Waals surface area contributed by atoms with Gasteiger partial charge in [-0.3, -0.25) is 0 Å². The molecule has 1 atom stereocenters. The quantitative estimate of drug-likeness (QED) is 0.876. The summed E-state index contributed by atoms with van der Waals surface area (Å²) in [5, 5.41) is 12.9. The molecule has 1 unspecified atom stereocenters. The minimum absolute atomic E-state index is 0.163. The number of aliphatic hydroxyl groups is 1. The van der Waals surface area contributed by atoms with Crippen molar-refractivity contribution in [1.82, 2.24) is 5.32 Å². The number of benzene rings is 1. The Labute approximate surface area is 111 Å². The number of anilines is 1. The molecule has 17 heavy (non-hydrogen) atoms. The van der Waals surface area contributed by atoms with Gasteiger partial charge < -0.3 is 15.3 Å². The molecule has 1 fully saturated rings. The standard InChI is InChI=1S/C13H19BrN2O/c1-10-3-4-13(12(14)7-10)16-6-2-5-15-8-11(16)9-17/h3-4,7,11,15,17H,2,5-6,8-9H2,1H3. The van der Waals surface area contributed by atoms with Crippen molar-refractivity contribution in [3.05, 3.63) is 28.2 Å². The van der Waals surface area contributed by atoms with Crippen molar-refractivity contribution in [3.8, 4) is 0 Å². The van der Waals surface area contributed by atoms with E-state index in [2.05, 4.69) is 51.3 Å². The lowest BCUT2D eigenvalue weighted by Crippen LogP contribution is -2.42. The maximum Gasteiger partial charge on any atom is 0.0647 e. The van der Waals surface area contributed by atoms with Gasteiger partial charge in [0.15, 0.2) is 0 Å². The monoisotopic (exact) mass is 298 g/mol. The fraction of sp³-hybridized carbons (Fsp3) is 0.538. The lowest BCUT2D eigenvalue weighted by molar-refractivity contribution is 0.260. The van der Waals surface area contributed by atoms with E-state index >= 15 is 0 Å². The Bertz CT molecular complexity index is 384. The van der Waals surface area contributed by atoms with Crippen LogP contribution in [0.15, 0.2) is 22.7 Å². The Morgan fingerprint density at radius 3 is 3.06 bits per heavy atom. The molecule has 1 aromatic carbocycles. The van der Waals surface area contributed by atoms with Gasteiger partial charge in [-0.15, -0.1) is 0 Å². The fourth-order valence-corrected chi connectivity index (χ4v) is 2.98. The van der Waals surface area contributed by atoms with Gasteiger partial charge in [-0.1, -0.05) is 6.07 Å². The molecule has 3 nitrogen and oxygen atoms in total. The first-order valence-corrected chi connectivity index (χ1v) is 6.86. The van der Waals surface area contributed by atoms with Crippen LogP contribution in [0, 0.1) is 6.92 Å². The summed E-state index contributed by atoms with van der Waals surface area (Å²) in [4.78, 5) is 2.30. The second-order valence-corrected chi connectivity index (χ2v) is 5.40. The summed E-state index contributed by atoms with van der Waals surface area (Å²) in [6.07, 6.45) is 1.11. The molecule has 0 aromatic heterocycles. The zero-order valence-electron chi connectivity index (χ0n) is 10.1. The van der Waals surface area contributed by atoms with Crippen LogP contribution in [0.5, 0.6) is 0 Å². The Morgan fingerprint density at radius 1 is 1.53 bits per heavy atom. The van der Waals surface area contributed by atoms with E-state index in [0.717, 1.165) is 30.5 Å². The number of nitrogens with one attached hydrogen (secondary N) is 1. The summed E-state index contributed by atoms with van der Waals surface area (Å²) < 4.78 is 1.11. The lowest BCUT2D eigenvalue weighted by atomic mass is 10.1. The lowest BCUT2D eigenvalue weighted by Gasteiger charge is -2.31. The van der Waals surface area contributed by atoms with E-state index in [9.17, 15) is 5.11 Å². The van der Waals surface area contributed by atoms with Crippen molar-refractivity contribution in [2.75, 3.05) is 31.1 Å². The molecule has 94 valence electrons. The molecular weight excluding hydrogens is 280 g/mol. The van der Waals surface area contributed by atoms with Crippen LogP contribution in [0.3, 0.4) is 0 Å². The van der Waals surface area contributed by atoms with E-state index in [-0.39, 0.29) is 12.6 Å². The van der Waals surface area contributed by atoms with Gasteiger partial charge in [-0.2, -0.15) is 0 Å². The Kier molecular flexibility index (Phi) is 4.42. The van der Waals surface area contributed by atoms with Crippen LogP contribution >= 0.6 is 15.9 Å². The SMILES string of the molecule is Cc1ccc(N2CCCNCC2CO)c(Br)c1. The average Bonchev–Trinajstić information content (AvgIpc) is 2.54. The van der Waals surface area contributed by atoms with Crippen LogP contribution in [0.25, 0.3) is 0 Å². The summed E-state index contributed by atoms with van der Waals surface area (Å²) in [5.74, 6) is 0. The first kappa shape index (κ1) is 12.9. The smallest absolute Gasteiger partial charge is 0.0647 e. The molecule has 0 spiro atoms. The molecule has 0 saturated carbocycles. The van der Waals surface area contributed by atoms with Crippen LogP contribution < -0.4 is 10.2 Å². The minimum atomic E-state index is 0.163. The topological polar surface area (TPSA) is 35.5 Å². The van der Waals surface area contributed by atoms with Gasteiger partial charge in [0, 0.05) is 17.6 Å². The van der Waals surface area contributed by atoms with Gasteiger partial charge in [0.1, 0.15) is 0 Å². The summed E-state index contributed by atoms with van der Waals surface area (Å²) in [5.41, 5.74) is 2.42. The normalized spacial score (nSPS) is 21.4. The molecule has 4 heteroatoms. The maximum absolute atomic E-state index is 9.50. The number of halogens is 1. The van der Waals surface area contributed by atoms with E-state index in [1.165, 1.54) is 11.3 Å². The van der Waals surface area contributed by atoms with Crippen molar-refractivity contribution in [1.29, 1.82) is 0 Å². The number of nitrogens with zero attached hydrogens (tertiary/aromatic N) is 1. The minimum Gasteiger partial charge on any atom is -0.394 e. The van der Waals surface area contributed by atoms with Crippen LogP contribution in [0.4, 0.5) is 5.69 Å². The molecule has 2 N–H and O–H groups in total. The fourth-order valence-electron chi connectivity index (χ4n) is 2.26. The van der Waals surface area contributed by atoms with Crippen LogP contribution in [0.1, 0.15) is 12.0 Å². The van der Waals surface area contributed by atoms with Crippen LogP contribution in [-0.2, 0) is 0 Å². The Morgan fingerprint density at radius 2 is 2.35 bits per heavy atom. The van der Waals surface area contributed by atoms with E-state index < -0.39 is 0 Å². The highest BCUT2D eigenvalue weighted by molar-refractivity contribution is 9.10. The van der Waals surface area contributed by atoms with E-state index in [1.54, 1.807) is 0 Å². The predicted molar refractivity (Wildman–Crippen MR) is 74.6 cm³/mol. The molecule has 1 aliphatic rings. The molecular formula is C13H19BrN2O. The summed E-state index contributed by atoms with van der Waals surface area (Å²) >= 11 is 3.62. The van der Waals surface area contributed by atoms with E-state index in [4.69, 9.17) is 0 Å². The molecule has 1 saturated heterocycles. The van der Waals surface area contributed by atoms with Crippen molar-refractivity contribution in [2.24, 2.45) is 0 Å². The number of hydrogen-bond acceptors (Lipinski definition) is 3. The molecule has 1 aliphatic heterocycles. The van der Waals surface area contributed by atoms with Gasteiger partial charge in [-0.25, -0.2) is 0 Å². The first-order chi connectivity index (χ1) is 8.22. The van der Waals surface area contributed by atoms with Gasteiger partial charge >= 0.3 is 0 Å². The molecule has 1 heterocycles. The second-order valence-electron chi connectivity index (χ2n) is 4.54. The predicted octanol–water partition coefficient (Wildman–Crippen LogP) is 1.92. The molecule has 2 rings (SSSR count). The molecule has 0 aliphatic carbocycles. The highest BCUT2D eigenvalue weighted by atomic mass is 79.9. The zero-order chi connectivity index (χ0) is 12.3. The number of aryl methyl sites for hydroxylation is 1. The number of hydrogen-bond donors (Lipinski definition) is 2. The van der Waals surface area contributed by atoms with Crippen molar-refractivity contribution < 1.29 is 5.11 Å². The van der Waals surface area contributed by atoms with Gasteiger partial charge in [0.25, 0.3) is 0 Å². The Balaban J connectivity index is 2.28. The van der Waals surface area contributed by atoms with Crippen molar-refractivity contribution >= 4 is 21.6 Å². The summed E-state index contributed by atoms with van der Waals surface area (Å²) in [7, 11) is 0. The van der Waals surface area contributed by atoms with Crippen molar-refractivity contribution in [2.45, 2.75) is 19.4 Å². The first-order valence-electron chi connectivity index (χ1n) is 6.06. The average molecular weight is 299 g/mol. The summed E-state index contributed by atoms with van der Waals surface area (Å²) in [6.45, 7) is 5.13. The zero-order valence-corrected chi connectivity index (χ0v) is 11.7. The number of aliphatic hydroxyl groups excluding tert-OH is 1. The van der Waals surface area contributed by atoms with E-state index in [1.807, 2.05) is 0 Å². The maximum atomic E-state index is 9.50. The third kappa shape index (κ3) is 3.00. The van der Waals surface area contributed by atoms with Crippen molar-refractivity contribution in [3.63, 3.8) is 0 Å². The van der Waals surface area contributed by atoms with Gasteiger partial charge in [0.05, 0.1) is 18.3 Å². The largest absolute Gasteiger partial charge is 0.394 e. The summed E-state index contributed by atoms with van der Waals surface area (Å²) in [6, 6.07) is 6.54. The van der Waals surface area contributed by atoms with Gasteiger partial charge in [0.2, 0.25) is 0 Å².